The molecule has 2 rings (SSSR count). The summed E-state index contributed by atoms with van der Waals surface area (Å²) in [5.74, 6) is -7.63. The lowest BCUT2D eigenvalue weighted by Gasteiger charge is -2.17. The number of hydrogen-bond donors (Lipinski definition) is 0. The first kappa shape index (κ1) is 9.42. The Balaban J connectivity index is 2.42. The van der Waals surface area contributed by atoms with Crippen LogP contribution in [0.25, 0.3) is 0 Å². The van der Waals surface area contributed by atoms with Crippen molar-refractivity contribution in [2.45, 2.75) is 31.2 Å². The molecule has 1 aromatic rings. The standard InChI is InChI=1S/C7H7F4N3/c8-6(9)1-2-14-5(12-4-13-14)7(10,11)3-6/h4H,1-3H2. The van der Waals surface area contributed by atoms with E-state index < -0.39 is 30.5 Å². The number of hydrogen-bond acceptors (Lipinski definition) is 2. The van der Waals surface area contributed by atoms with Crippen LogP contribution < -0.4 is 0 Å². The second-order valence-corrected chi connectivity index (χ2v) is 3.29. The maximum Gasteiger partial charge on any atom is 0.312 e. The van der Waals surface area contributed by atoms with Gasteiger partial charge >= 0.3 is 5.92 Å². The molecule has 14 heavy (non-hydrogen) atoms. The molecule has 1 aliphatic rings. The van der Waals surface area contributed by atoms with E-state index in [1.807, 2.05) is 0 Å². The minimum Gasteiger partial charge on any atom is -0.245 e. The highest BCUT2D eigenvalue weighted by Gasteiger charge is 2.49. The van der Waals surface area contributed by atoms with Crippen LogP contribution in [-0.2, 0) is 12.5 Å². The predicted octanol–water partition coefficient (Wildman–Crippen LogP) is 1.80. The van der Waals surface area contributed by atoms with Crippen LogP contribution in [0.1, 0.15) is 18.7 Å². The molecule has 3 nitrogen and oxygen atoms in total. The van der Waals surface area contributed by atoms with Crippen LogP contribution in [-0.4, -0.2) is 20.7 Å². The van der Waals surface area contributed by atoms with E-state index in [1.54, 1.807) is 0 Å². The Kier molecular flexibility index (Phi) is 1.80. The van der Waals surface area contributed by atoms with Gasteiger partial charge in [0, 0.05) is 13.0 Å². The zero-order valence-corrected chi connectivity index (χ0v) is 7.05. The van der Waals surface area contributed by atoms with Gasteiger partial charge in [-0.25, -0.2) is 18.4 Å². The molecule has 1 aliphatic heterocycles. The van der Waals surface area contributed by atoms with Gasteiger partial charge < -0.3 is 0 Å². The molecule has 0 aromatic carbocycles. The Morgan fingerprint density at radius 2 is 2.00 bits per heavy atom. The third kappa shape index (κ3) is 1.46. The van der Waals surface area contributed by atoms with Crippen LogP contribution in [0.2, 0.25) is 0 Å². The van der Waals surface area contributed by atoms with Crippen LogP contribution in [0.15, 0.2) is 6.33 Å². The molecule has 0 aliphatic carbocycles. The number of alkyl halides is 4. The predicted molar refractivity (Wildman–Crippen MR) is 38.1 cm³/mol. The highest BCUT2D eigenvalue weighted by Crippen LogP contribution is 2.41. The maximum absolute atomic E-state index is 13.2. The molecule has 0 radical (unpaired) electrons. The number of nitrogens with zero attached hydrogens (tertiary/aromatic N) is 3. The zero-order valence-electron chi connectivity index (χ0n) is 7.05. The first-order valence-corrected chi connectivity index (χ1v) is 4.05. The van der Waals surface area contributed by atoms with Crippen LogP contribution in [0.5, 0.6) is 0 Å². The van der Waals surface area contributed by atoms with E-state index in [0.717, 1.165) is 11.0 Å². The minimum atomic E-state index is -3.60. The Labute approximate surface area is 76.7 Å². The maximum atomic E-state index is 13.2. The number of fused-ring (bicyclic) bond motifs is 1. The van der Waals surface area contributed by atoms with Gasteiger partial charge in [0.15, 0.2) is 5.82 Å². The second-order valence-electron chi connectivity index (χ2n) is 3.29. The summed E-state index contributed by atoms with van der Waals surface area (Å²) >= 11 is 0. The fourth-order valence-electron chi connectivity index (χ4n) is 1.47. The lowest BCUT2D eigenvalue weighted by molar-refractivity contribution is -0.116. The molecule has 0 amide bonds. The quantitative estimate of drug-likeness (QED) is 0.610. The van der Waals surface area contributed by atoms with Crippen molar-refractivity contribution in [2.24, 2.45) is 0 Å². The molecule has 2 heterocycles. The summed E-state index contributed by atoms with van der Waals surface area (Å²) in [5, 5.41) is 3.47. The molecule has 0 atom stereocenters. The molecular weight excluding hydrogens is 202 g/mol. The van der Waals surface area contributed by atoms with Crippen molar-refractivity contribution in [3.05, 3.63) is 12.2 Å². The number of aryl methyl sites for hydroxylation is 1. The highest BCUT2D eigenvalue weighted by molar-refractivity contribution is 5.00. The van der Waals surface area contributed by atoms with E-state index in [2.05, 4.69) is 10.1 Å². The van der Waals surface area contributed by atoms with Gasteiger partial charge in [-0.15, -0.1) is 0 Å². The summed E-state index contributed by atoms with van der Waals surface area (Å²) in [6.45, 7) is -0.224. The number of rotatable bonds is 0. The van der Waals surface area contributed by atoms with Crippen molar-refractivity contribution in [1.29, 1.82) is 0 Å². The molecule has 0 unspecified atom stereocenters. The van der Waals surface area contributed by atoms with Crippen molar-refractivity contribution in [3.63, 3.8) is 0 Å². The van der Waals surface area contributed by atoms with Crippen molar-refractivity contribution in [2.75, 3.05) is 0 Å². The van der Waals surface area contributed by atoms with E-state index in [1.165, 1.54) is 0 Å². The number of aromatic nitrogens is 3. The SMILES string of the molecule is FC1(F)CCn2ncnc2C(F)(F)C1. The molecule has 78 valence electrons. The summed E-state index contributed by atoms with van der Waals surface area (Å²) in [4.78, 5) is 3.30. The fourth-order valence-corrected chi connectivity index (χ4v) is 1.47. The summed E-state index contributed by atoms with van der Waals surface area (Å²) in [7, 11) is 0. The van der Waals surface area contributed by atoms with Crippen LogP contribution in [0.4, 0.5) is 17.6 Å². The molecule has 0 N–H and O–H groups in total. The fraction of sp³-hybridized carbons (Fsp3) is 0.714. The summed E-state index contributed by atoms with van der Waals surface area (Å²) in [6.07, 6.45) is -1.16. The van der Waals surface area contributed by atoms with Gasteiger partial charge in [0.05, 0.1) is 6.42 Å². The summed E-state index contributed by atoms with van der Waals surface area (Å²) in [6, 6.07) is 0. The van der Waals surface area contributed by atoms with E-state index in [9.17, 15) is 17.6 Å². The first-order chi connectivity index (χ1) is 6.41. The molecule has 1 aromatic heterocycles. The molecule has 0 spiro atoms. The Bertz CT molecular complexity index is 346. The molecule has 7 heteroatoms. The third-order valence-electron chi connectivity index (χ3n) is 2.11. The molecule has 0 saturated carbocycles. The topological polar surface area (TPSA) is 30.7 Å². The molecule has 0 bridgehead atoms. The average Bonchev–Trinajstić information content (AvgIpc) is 2.43. The Morgan fingerprint density at radius 1 is 1.29 bits per heavy atom. The molecule has 0 saturated heterocycles. The first-order valence-electron chi connectivity index (χ1n) is 4.05. The van der Waals surface area contributed by atoms with E-state index in [0.29, 0.717) is 0 Å². The Hall–Kier alpha value is -1.14. The van der Waals surface area contributed by atoms with E-state index >= 15 is 0 Å². The van der Waals surface area contributed by atoms with E-state index in [-0.39, 0.29) is 6.54 Å². The van der Waals surface area contributed by atoms with Crippen LogP contribution in [0.3, 0.4) is 0 Å². The molecule has 0 fully saturated rings. The van der Waals surface area contributed by atoms with Gasteiger partial charge in [-0.2, -0.15) is 13.9 Å². The number of halogens is 4. The van der Waals surface area contributed by atoms with Gasteiger partial charge in [-0.1, -0.05) is 0 Å². The van der Waals surface area contributed by atoms with Gasteiger partial charge in [-0.05, 0) is 0 Å². The Morgan fingerprint density at radius 3 is 2.71 bits per heavy atom. The summed E-state index contributed by atoms with van der Waals surface area (Å²) < 4.78 is 52.9. The van der Waals surface area contributed by atoms with Gasteiger partial charge in [-0.3, -0.25) is 0 Å². The third-order valence-corrected chi connectivity index (χ3v) is 2.11. The highest BCUT2D eigenvalue weighted by atomic mass is 19.3. The van der Waals surface area contributed by atoms with Crippen molar-refractivity contribution >= 4 is 0 Å². The van der Waals surface area contributed by atoms with Crippen molar-refractivity contribution in [1.82, 2.24) is 14.8 Å². The van der Waals surface area contributed by atoms with Crippen molar-refractivity contribution < 1.29 is 17.6 Å². The zero-order chi connectivity index (χ0) is 10.4. The normalized spacial score (nSPS) is 24.0. The second kappa shape index (κ2) is 2.68. The van der Waals surface area contributed by atoms with Gasteiger partial charge in [0.2, 0.25) is 0 Å². The smallest absolute Gasteiger partial charge is 0.245 e. The van der Waals surface area contributed by atoms with E-state index in [4.69, 9.17) is 0 Å². The van der Waals surface area contributed by atoms with Gasteiger partial charge in [0.25, 0.3) is 5.92 Å². The van der Waals surface area contributed by atoms with Gasteiger partial charge in [0.1, 0.15) is 6.33 Å². The molecular formula is C7H7F4N3. The average molecular weight is 209 g/mol. The van der Waals surface area contributed by atoms with Crippen LogP contribution in [0, 0.1) is 0 Å². The lowest BCUT2D eigenvalue weighted by Crippen LogP contribution is -2.25. The minimum absolute atomic E-state index is 0.224. The largest absolute Gasteiger partial charge is 0.312 e. The summed E-state index contributed by atoms with van der Waals surface area (Å²) in [5.41, 5.74) is 0. The lowest BCUT2D eigenvalue weighted by atomic mass is 10.1. The monoisotopic (exact) mass is 209 g/mol. The van der Waals surface area contributed by atoms with Crippen molar-refractivity contribution in [3.8, 4) is 0 Å². The van der Waals surface area contributed by atoms with Crippen LogP contribution >= 0.6 is 0 Å².